The zero-order chi connectivity index (χ0) is 63.8. The molecule has 4 aromatic carbocycles. The van der Waals surface area contributed by atoms with Gasteiger partial charge in [-0.05, 0) is 131 Å². The molecule has 10 rings (SSSR count). The summed E-state index contributed by atoms with van der Waals surface area (Å²) >= 11 is 0. The van der Waals surface area contributed by atoms with Crippen LogP contribution in [0.1, 0.15) is 103 Å². The first-order valence-corrected chi connectivity index (χ1v) is 31.5. The number of amides is 3. The Morgan fingerprint density at radius 1 is 0.582 bits per heavy atom. The number of piperidine rings is 2. The molecule has 0 aliphatic carbocycles. The lowest BCUT2D eigenvalue weighted by atomic mass is 10.1. The fraction of sp³-hybridized carbons (Fsp3) is 0.397. The third-order valence-electron chi connectivity index (χ3n) is 16.2. The van der Waals surface area contributed by atoms with Crippen molar-refractivity contribution in [3.05, 3.63) is 167 Å². The molecule has 3 amide bonds. The second kappa shape index (κ2) is 31.0. The number of hydrogen-bond donors (Lipinski definition) is 6. The molecule has 8 aromatic rings. The Hall–Kier alpha value is -9.29. The van der Waals surface area contributed by atoms with Gasteiger partial charge in [-0.15, -0.1) is 0 Å². The average molecular weight is 1240 g/mol. The number of carbonyl (C=O) groups is 3. The molecule has 0 radical (unpaired) electrons. The Labute approximate surface area is 532 Å². The van der Waals surface area contributed by atoms with Crippen LogP contribution in [0.15, 0.2) is 134 Å². The minimum absolute atomic E-state index is 0.0682. The number of nitrogens with zero attached hydrogens (tertiary/aromatic N) is 12. The van der Waals surface area contributed by atoms with Crippen LogP contribution in [0.3, 0.4) is 0 Å². The van der Waals surface area contributed by atoms with E-state index in [0.717, 1.165) is 110 Å². The first-order valence-electron chi connectivity index (χ1n) is 31.5. The van der Waals surface area contributed by atoms with E-state index in [1.54, 1.807) is 45.4 Å². The maximum Gasteiger partial charge on any atom is 0.322 e. The van der Waals surface area contributed by atoms with Crippen LogP contribution in [0.2, 0.25) is 0 Å². The van der Waals surface area contributed by atoms with Crippen molar-refractivity contribution in [3.8, 4) is 12.0 Å². The fourth-order valence-electron chi connectivity index (χ4n) is 10.8. The van der Waals surface area contributed by atoms with Gasteiger partial charge >= 0.3 is 12.0 Å². The molecule has 2 saturated heterocycles. The van der Waals surface area contributed by atoms with Crippen LogP contribution in [0.25, 0.3) is 11.3 Å². The fourth-order valence-corrected chi connectivity index (χ4v) is 10.8. The number of likely N-dealkylation sites (N-methyl/N-ethyl adjacent to an activating group) is 2. The molecular weight excluding hydrogens is 1150 g/mol. The highest BCUT2D eigenvalue weighted by molar-refractivity contribution is 6.05. The highest BCUT2D eigenvalue weighted by atomic mass is 16.5. The minimum atomic E-state index is -0.285. The lowest BCUT2D eigenvalue weighted by Crippen LogP contribution is -2.41. The van der Waals surface area contributed by atoms with E-state index in [2.05, 4.69) is 111 Å². The number of aromatic nitrogens is 8. The summed E-state index contributed by atoms with van der Waals surface area (Å²) in [6.45, 7) is 16.6. The van der Waals surface area contributed by atoms with Crippen molar-refractivity contribution in [1.82, 2.24) is 58.8 Å². The molecular formula is C68H86N18O5. The third-order valence-corrected chi connectivity index (χ3v) is 16.2. The molecule has 6 N–H and O–H groups in total. The van der Waals surface area contributed by atoms with E-state index in [0.29, 0.717) is 73.2 Å². The van der Waals surface area contributed by atoms with Crippen molar-refractivity contribution in [3.63, 3.8) is 0 Å². The molecule has 23 nitrogen and oxygen atoms in total. The number of ether oxygens (including phenoxy) is 2. The van der Waals surface area contributed by atoms with E-state index in [-0.39, 0.29) is 47.8 Å². The highest BCUT2D eigenvalue weighted by Crippen LogP contribution is 2.29. The van der Waals surface area contributed by atoms with Gasteiger partial charge in [-0.1, -0.05) is 88.4 Å². The molecule has 2 fully saturated rings. The topological polar surface area (TPSA) is 241 Å². The van der Waals surface area contributed by atoms with Crippen LogP contribution in [0.5, 0.6) is 12.0 Å². The Balaban J connectivity index is 0.650. The zero-order valence-electron chi connectivity index (χ0n) is 53.5. The largest absolute Gasteiger partial charge is 0.460 e. The second-order valence-electron chi connectivity index (χ2n) is 24.3. The van der Waals surface area contributed by atoms with Crippen LogP contribution in [-0.2, 0) is 29.2 Å². The molecule has 0 spiro atoms. The van der Waals surface area contributed by atoms with Crippen LogP contribution < -0.4 is 41.4 Å². The van der Waals surface area contributed by atoms with E-state index >= 15 is 0 Å². The number of anilines is 6. The maximum absolute atomic E-state index is 13.5. The minimum Gasteiger partial charge on any atom is -0.460 e. The number of likely N-dealkylation sites (tertiary alicyclic amines) is 2. The smallest absolute Gasteiger partial charge is 0.322 e. The number of rotatable bonds is 28. The Kier molecular flexibility index (Phi) is 22.0. The summed E-state index contributed by atoms with van der Waals surface area (Å²) in [5.41, 5.74) is 9.79. The van der Waals surface area contributed by atoms with E-state index in [9.17, 15) is 14.4 Å². The van der Waals surface area contributed by atoms with Crippen molar-refractivity contribution in [2.45, 2.75) is 97.1 Å². The van der Waals surface area contributed by atoms with Gasteiger partial charge in [0.25, 0.3) is 5.91 Å². The first-order chi connectivity index (χ1) is 44.1. The van der Waals surface area contributed by atoms with Gasteiger partial charge in [0.05, 0.1) is 12.4 Å². The second-order valence-corrected chi connectivity index (χ2v) is 24.3. The predicted octanol–water partition coefficient (Wildman–Crippen LogP) is 9.40. The lowest BCUT2D eigenvalue weighted by Gasteiger charge is -2.32. The number of hydrogen-bond acceptors (Lipinski definition) is 18. The van der Waals surface area contributed by atoms with Crippen LogP contribution in [0, 0.1) is 0 Å². The maximum atomic E-state index is 13.5. The van der Waals surface area contributed by atoms with Crippen molar-refractivity contribution >= 4 is 63.7 Å². The molecule has 0 bridgehead atoms. The van der Waals surface area contributed by atoms with Crippen molar-refractivity contribution < 1.29 is 23.9 Å². The van der Waals surface area contributed by atoms with Gasteiger partial charge in [0.2, 0.25) is 23.7 Å². The van der Waals surface area contributed by atoms with Crippen LogP contribution in [0.4, 0.5) is 34.6 Å². The van der Waals surface area contributed by atoms with Gasteiger partial charge in [0.15, 0.2) is 11.3 Å². The molecule has 23 heteroatoms. The van der Waals surface area contributed by atoms with E-state index in [1.807, 2.05) is 98.1 Å². The van der Waals surface area contributed by atoms with Gasteiger partial charge in [0, 0.05) is 124 Å². The number of fused-ring (bicyclic) bond motifs is 2. The highest BCUT2D eigenvalue weighted by Gasteiger charge is 2.25. The standard InChI is InChI=1S/C68H86N18O5/c1-46(2)56-44-72-85-62(56)77-67(90-54-29-35-83(8)36-30-54)79-65(85)70-42-50-15-9-11-17-58(50)69-41-48-21-25-52(26-22-48)74-61(88)20-14-34-82(7)39-40-84-37-31-55(32-38-84)91-68-78-63-57(47(3)4)45-73-86(63)66(80-68)71-43-51-16-10-12-18-59(51)76-64(89)49-23-27-53(28-24-49)75-60(87)19-13-33-81(5)6/h9-28,44-47,54-55,69H,29-43H2,1-8H3,(H,74,88)(H,75,87)(H,76,89)(H,70,77,79)(H,71,78,80). The van der Waals surface area contributed by atoms with Crippen LogP contribution in [-0.4, -0.2) is 169 Å². The molecule has 478 valence electrons. The van der Waals surface area contributed by atoms with Crippen molar-refractivity contribution in [2.24, 2.45) is 0 Å². The first kappa shape index (κ1) is 64.7. The number of para-hydroxylation sites is 2. The normalized spacial score (nSPS) is 14.6. The molecule has 0 atom stereocenters. The molecule has 2 aliphatic rings. The number of nitrogens with one attached hydrogen (secondary N) is 6. The van der Waals surface area contributed by atoms with Gasteiger partial charge in [-0.2, -0.15) is 39.2 Å². The number of benzene rings is 4. The predicted molar refractivity (Wildman–Crippen MR) is 358 cm³/mol. The summed E-state index contributed by atoms with van der Waals surface area (Å²) < 4.78 is 16.4. The Morgan fingerprint density at radius 3 is 1.62 bits per heavy atom. The molecule has 2 aliphatic heterocycles. The Bertz CT molecular complexity index is 3790. The van der Waals surface area contributed by atoms with Gasteiger partial charge in [-0.25, -0.2) is 0 Å². The molecule has 0 unspecified atom stereocenters. The average Bonchev–Trinajstić information content (AvgIpc) is 1.80. The third kappa shape index (κ3) is 18.0. The summed E-state index contributed by atoms with van der Waals surface area (Å²) in [6.07, 6.45) is 14.0. The van der Waals surface area contributed by atoms with Crippen molar-refractivity contribution in [2.75, 3.05) is 112 Å². The zero-order valence-corrected chi connectivity index (χ0v) is 53.5. The van der Waals surface area contributed by atoms with E-state index in [4.69, 9.17) is 29.4 Å². The van der Waals surface area contributed by atoms with E-state index < -0.39 is 0 Å². The summed E-state index contributed by atoms with van der Waals surface area (Å²) in [5.74, 6) is 0.738. The summed E-state index contributed by atoms with van der Waals surface area (Å²) in [7, 11) is 8.06. The Morgan fingerprint density at radius 2 is 1.08 bits per heavy atom. The molecule has 4 aromatic heterocycles. The SMILES string of the molecule is CC(C)c1cnn2c(NCc3ccccc3NCc3ccc(NC(=O)C=CCN(C)CCN4CCC(Oc5nc(NCc6ccccc6NC(=O)c6ccc(NC(=O)C=CCN(C)C)cc6)n6ncc(C(C)C)c6n5)CC4)cc3)nc(OC3CCN(C)CC3)nc12. The monoisotopic (exact) mass is 1230 g/mol. The van der Waals surface area contributed by atoms with Crippen LogP contribution >= 0.6 is 0 Å². The van der Waals surface area contributed by atoms with Crippen molar-refractivity contribution in [1.29, 1.82) is 0 Å². The molecule has 0 saturated carbocycles. The summed E-state index contributed by atoms with van der Waals surface area (Å²) in [6, 6.07) is 31.1. The summed E-state index contributed by atoms with van der Waals surface area (Å²) in [5, 5.41) is 28.8. The van der Waals surface area contributed by atoms with Gasteiger partial charge in [-0.3, -0.25) is 14.4 Å². The van der Waals surface area contributed by atoms with Gasteiger partial charge < -0.3 is 61.0 Å². The quantitative estimate of drug-likeness (QED) is 0.0250. The van der Waals surface area contributed by atoms with E-state index in [1.165, 1.54) is 6.08 Å². The molecule has 6 heterocycles. The molecule has 91 heavy (non-hydrogen) atoms. The summed E-state index contributed by atoms with van der Waals surface area (Å²) in [4.78, 5) is 67.1. The van der Waals surface area contributed by atoms with Gasteiger partial charge in [0.1, 0.15) is 12.2 Å². The lowest BCUT2D eigenvalue weighted by molar-refractivity contribution is -0.112. The number of carbonyl (C=O) groups excluding carboxylic acids is 3.